The fourth-order valence-corrected chi connectivity index (χ4v) is 0.969. The predicted molar refractivity (Wildman–Crippen MR) is 38.9 cm³/mol. The lowest BCUT2D eigenvalue weighted by Gasteiger charge is -2.12. The minimum atomic E-state index is -0.219. The second-order valence-corrected chi connectivity index (χ2v) is 2.25. The van der Waals surface area contributed by atoms with Crippen LogP contribution in [0.5, 0.6) is 5.75 Å². The molecule has 1 aromatic rings. The van der Waals surface area contributed by atoms with Crippen molar-refractivity contribution < 1.29 is 9.94 Å². The number of fused-ring (bicyclic) bond motifs is 1. The molecule has 0 saturated carbocycles. The van der Waals surface area contributed by atoms with E-state index in [1.807, 2.05) is 18.2 Å². The lowest BCUT2D eigenvalue weighted by molar-refractivity contribution is 0.128. The van der Waals surface area contributed by atoms with Crippen LogP contribution in [0.1, 0.15) is 5.56 Å². The van der Waals surface area contributed by atoms with E-state index in [-0.39, 0.29) is 5.88 Å². The quantitative estimate of drug-likeness (QED) is 0.602. The largest absolute Gasteiger partial charge is 0.379 e. The number of para-hydroxylation sites is 1. The normalized spacial score (nSPS) is 14.0. The number of hydroxylamine groups is 1. The maximum Gasteiger partial charge on any atom is 0.277 e. The molecule has 0 unspecified atom stereocenters. The summed E-state index contributed by atoms with van der Waals surface area (Å²) >= 11 is 0. The van der Waals surface area contributed by atoms with Gasteiger partial charge in [-0.05, 0) is 6.07 Å². The highest BCUT2D eigenvalue weighted by atomic mass is 16.7. The van der Waals surface area contributed by atoms with Crippen molar-refractivity contribution >= 4 is 6.08 Å². The third kappa shape index (κ3) is 1.00. The van der Waals surface area contributed by atoms with Crippen LogP contribution in [0.3, 0.4) is 0 Å². The summed E-state index contributed by atoms with van der Waals surface area (Å²) in [6, 6.07) is 7.33. The minimum Gasteiger partial charge on any atom is -0.379 e. The molecule has 0 aromatic heterocycles. The van der Waals surface area contributed by atoms with E-state index in [4.69, 9.17) is 4.84 Å². The van der Waals surface area contributed by atoms with E-state index in [0.29, 0.717) is 5.75 Å². The van der Waals surface area contributed by atoms with Crippen molar-refractivity contribution in [1.29, 1.82) is 0 Å². The highest BCUT2D eigenvalue weighted by Crippen LogP contribution is 2.22. The standard InChI is InChI=1S/C8H6NO2/c10-8-5-6-3-1-2-4-7(6)11-9-8/h1-5,9H. The van der Waals surface area contributed by atoms with Crippen LogP contribution in [0.25, 0.3) is 6.08 Å². The summed E-state index contributed by atoms with van der Waals surface area (Å²) < 4.78 is 0. The van der Waals surface area contributed by atoms with E-state index in [9.17, 15) is 5.11 Å². The molecule has 1 aromatic carbocycles. The molecule has 1 aliphatic rings. The van der Waals surface area contributed by atoms with Gasteiger partial charge in [0.15, 0.2) is 5.75 Å². The van der Waals surface area contributed by atoms with Crippen LogP contribution in [-0.4, -0.2) is 0 Å². The molecule has 11 heavy (non-hydrogen) atoms. The summed E-state index contributed by atoms with van der Waals surface area (Å²) in [4.78, 5) is 4.90. The van der Waals surface area contributed by atoms with Crippen molar-refractivity contribution in [2.75, 3.05) is 0 Å². The first-order valence-electron chi connectivity index (χ1n) is 3.27. The van der Waals surface area contributed by atoms with Gasteiger partial charge in [0.2, 0.25) is 0 Å². The van der Waals surface area contributed by atoms with Gasteiger partial charge in [-0.1, -0.05) is 18.2 Å². The number of hydrogen-bond acceptors (Lipinski definition) is 2. The van der Waals surface area contributed by atoms with Gasteiger partial charge in [0.05, 0.1) is 0 Å². The van der Waals surface area contributed by atoms with Crippen LogP contribution >= 0.6 is 0 Å². The Labute approximate surface area is 63.9 Å². The van der Waals surface area contributed by atoms with E-state index in [1.165, 1.54) is 6.08 Å². The summed E-state index contributed by atoms with van der Waals surface area (Å²) in [5, 5.41) is 10.7. The molecule has 55 valence electrons. The zero-order valence-corrected chi connectivity index (χ0v) is 5.70. The number of nitrogens with one attached hydrogen (secondary N) is 1. The van der Waals surface area contributed by atoms with E-state index < -0.39 is 0 Å². The fourth-order valence-electron chi connectivity index (χ4n) is 0.969. The van der Waals surface area contributed by atoms with Gasteiger partial charge in [0.1, 0.15) is 0 Å². The van der Waals surface area contributed by atoms with Crippen molar-refractivity contribution in [3.8, 4) is 5.75 Å². The van der Waals surface area contributed by atoms with Crippen LogP contribution < -0.4 is 10.3 Å². The smallest absolute Gasteiger partial charge is 0.277 e. The molecule has 0 saturated heterocycles. The van der Waals surface area contributed by atoms with Crippen molar-refractivity contribution in [1.82, 2.24) is 5.48 Å². The van der Waals surface area contributed by atoms with E-state index in [0.717, 1.165) is 5.56 Å². The van der Waals surface area contributed by atoms with E-state index in [1.54, 1.807) is 6.07 Å². The average Bonchev–Trinajstić information content (AvgIpc) is 2.04. The van der Waals surface area contributed by atoms with Crippen molar-refractivity contribution in [3.05, 3.63) is 35.7 Å². The number of rotatable bonds is 0. The maximum absolute atomic E-state index is 10.7. The lowest BCUT2D eigenvalue weighted by Crippen LogP contribution is -2.20. The van der Waals surface area contributed by atoms with Crippen molar-refractivity contribution in [2.45, 2.75) is 0 Å². The molecule has 3 nitrogen and oxygen atoms in total. The van der Waals surface area contributed by atoms with Crippen molar-refractivity contribution in [2.24, 2.45) is 0 Å². The van der Waals surface area contributed by atoms with Crippen LogP contribution in [-0.2, 0) is 5.11 Å². The average molecular weight is 148 g/mol. The van der Waals surface area contributed by atoms with Gasteiger partial charge >= 0.3 is 0 Å². The molecule has 2 rings (SSSR count). The van der Waals surface area contributed by atoms with Gasteiger partial charge < -0.3 is 4.84 Å². The van der Waals surface area contributed by atoms with Gasteiger partial charge in [0.25, 0.3) is 5.88 Å². The zero-order valence-electron chi connectivity index (χ0n) is 5.70. The van der Waals surface area contributed by atoms with E-state index in [2.05, 4.69) is 5.48 Å². The van der Waals surface area contributed by atoms with Crippen LogP contribution in [0.15, 0.2) is 30.1 Å². The molecule has 0 aliphatic carbocycles. The molecular formula is C8H6NO2. The highest BCUT2D eigenvalue weighted by Gasteiger charge is 2.09. The van der Waals surface area contributed by atoms with Gasteiger partial charge in [-0.25, -0.2) is 0 Å². The Morgan fingerprint density at radius 2 is 2.09 bits per heavy atom. The Hall–Kier alpha value is -1.64. The third-order valence-electron chi connectivity index (χ3n) is 1.47. The topological polar surface area (TPSA) is 41.2 Å². The van der Waals surface area contributed by atoms with Gasteiger partial charge in [-0.15, -0.1) is 0 Å². The molecule has 0 spiro atoms. The fraction of sp³-hybridized carbons (Fsp3) is 0. The Balaban J connectivity index is 2.51. The first-order chi connectivity index (χ1) is 5.36. The Morgan fingerprint density at radius 3 is 3.00 bits per heavy atom. The van der Waals surface area contributed by atoms with Crippen LogP contribution in [0.2, 0.25) is 0 Å². The molecule has 0 fully saturated rings. The molecule has 1 radical (unpaired) electrons. The Morgan fingerprint density at radius 1 is 1.27 bits per heavy atom. The molecule has 0 bridgehead atoms. The second-order valence-electron chi connectivity index (χ2n) is 2.25. The van der Waals surface area contributed by atoms with Gasteiger partial charge in [-0.3, -0.25) is 5.11 Å². The third-order valence-corrected chi connectivity index (χ3v) is 1.47. The molecule has 1 aliphatic heterocycles. The summed E-state index contributed by atoms with van der Waals surface area (Å²) in [7, 11) is 0. The summed E-state index contributed by atoms with van der Waals surface area (Å²) in [6.07, 6.45) is 1.50. The van der Waals surface area contributed by atoms with Gasteiger partial charge in [-0.2, -0.15) is 5.48 Å². The monoisotopic (exact) mass is 148 g/mol. The summed E-state index contributed by atoms with van der Waals surface area (Å²) in [6.45, 7) is 0. The molecular weight excluding hydrogens is 142 g/mol. The van der Waals surface area contributed by atoms with Gasteiger partial charge in [0, 0.05) is 11.6 Å². The molecule has 3 heteroatoms. The molecule has 1 N–H and O–H groups in total. The first-order valence-corrected chi connectivity index (χ1v) is 3.27. The van der Waals surface area contributed by atoms with Crippen LogP contribution in [0.4, 0.5) is 0 Å². The van der Waals surface area contributed by atoms with Crippen LogP contribution in [0, 0.1) is 0 Å². The van der Waals surface area contributed by atoms with E-state index >= 15 is 0 Å². The summed E-state index contributed by atoms with van der Waals surface area (Å²) in [5.74, 6) is 0.468. The molecule has 1 heterocycles. The van der Waals surface area contributed by atoms with Crippen molar-refractivity contribution in [3.63, 3.8) is 0 Å². The first kappa shape index (κ1) is 6.09. The molecule has 0 atom stereocenters. The minimum absolute atomic E-state index is 0.219. The predicted octanol–water partition coefficient (Wildman–Crippen LogP) is 1.31. The maximum atomic E-state index is 10.7. The Bertz CT molecular complexity index is 307. The number of benzene rings is 1. The summed E-state index contributed by atoms with van der Waals surface area (Å²) in [5.41, 5.74) is 3.06. The SMILES string of the molecule is [O]C1=Cc2ccccc2ON1. The Kier molecular flexibility index (Phi) is 1.22. The molecule has 0 amide bonds. The zero-order chi connectivity index (χ0) is 7.68. The lowest BCUT2D eigenvalue weighted by atomic mass is 10.2. The second kappa shape index (κ2) is 2.20. The number of hydrogen-bond donors (Lipinski definition) is 1. The highest BCUT2D eigenvalue weighted by molar-refractivity contribution is 5.59.